The van der Waals surface area contributed by atoms with E-state index in [1.807, 2.05) is 23.1 Å². The molecule has 1 unspecified atom stereocenters. The molecular formula is C20H22ClN3O2. The smallest absolute Gasteiger partial charge is 0.252 e. The average molecular weight is 372 g/mol. The Morgan fingerprint density at radius 2 is 2.00 bits per heavy atom. The summed E-state index contributed by atoms with van der Waals surface area (Å²) < 4.78 is 0. The predicted octanol–water partition coefficient (Wildman–Crippen LogP) is 3.48. The maximum absolute atomic E-state index is 12.8. The fourth-order valence-corrected chi connectivity index (χ4v) is 3.54. The van der Waals surface area contributed by atoms with Gasteiger partial charge in [-0.3, -0.25) is 9.59 Å². The van der Waals surface area contributed by atoms with Crippen molar-refractivity contribution in [1.82, 2.24) is 5.32 Å². The number of nitrogens with one attached hydrogen (secondary N) is 2. The zero-order valence-electron chi connectivity index (χ0n) is 14.9. The molecular weight excluding hydrogens is 350 g/mol. The minimum absolute atomic E-state index is 0.0103. The van der Waals surface area contributed by atoms with E-state index in [0.717, 1.165) is 18.5 Å². The van der Waals surface area contributed by atoms with E-state index in [9.17, 15) is 9.59 Å². The molecule has 0 aromatic heterocycles. The highest BCUT2D eigenvalue weighted by atomic mass is 35.5. The molecule has 1 aliphatic rings. The highest BCUT2D eigenvalue weighted by Gasteiger charge is 2.27. The lowest BCUT2D eigenvalue weighted by Gasteiger charge is -2.35. The Balaban J connectivity index is 1.71. The maximum Gasteiger partial charge on any atom is 0.252 e. The first-order chi connectivity index (χ1) is 12.5. The molecule has 5 nitrogen and oxygen atoms in total. The van der Waals surface area contributed by atoms with Crippen LogP contribution >= 0.6 is 11.6 Å². The second-order valence-electron chi connectivity index (χ2n) is 6.41. The molecule has 0 aliphatic carbocycles. The lowest BCUT2D eigenvalue weighted by atomic mass is 9.96. The van der Waals surface area contributed by atoms with Crippen LogP contribution < -0.4 is 15.5 Å². The minimum atomic E-state index is -0.239. The zero-order valence-corrected chi connectivity index (χ0v) is 15.6. The van der Waals surface area contributed by atoms with Gasteiger partial charge in [-0.05, 0) is 49.6 Å². The molecule has 1 aliphatic heterocycles. The second-order valence-corrected chi connectivity index (χ2v) is 6.81. The Morgan fingerprint density at radius 1 is 1.23 bits per heavy atom. The first-order valence-electron chi connectivity index (χ1n) is 8.66. The van der Waals surface area contributed by atoms with E-state index in [1.165, 1.54) is 5.56 Å². The van der Waals surface area contributed by atoms with Crippen molar-refractivity contribution in [3.05, 3.63) is 58.6 Å². The first-order valence-corrected chi connectivity index (χ1v) is 9.04. The monoisotopic (exact) mass is 371 g/mol. The molecule has 6 heteroatoms. The molecule has 2 amide bonds. The number of halogens is 1. The van der Waals surface area contributed by atoms with Crippen molar-refractivity contribution in [2.24, 2.45) is 0 Å². The Morgan fingerprint density at radius 3 is 2.73 bits per heavy atom. The quantitative estimate of drug-likeness (QED) is 0.865. The van der Waals surface area contributed by atoms with Crippen LogP contribution in [0.15, 0.2) is 42.5 Å². The maximum atomic E-state index is 12.8. The van der Waals surface area contributed by atoms with E-state index < -0.39 is 0 Å². The molecule has 1 heterocycles. The molecule has 0 saturated carbocycles. The summed E-state index contributed by atoms with van der Waals surface area (Å²) in [5.41, 5.74) is 3.31. The van der Waals surface area contributed by atoms with Gasteiger partial charge in [-0.2, -0.15) is 0 Å². The van der Waals surface area contributed by atoms with Crippen LogP contribution in [0.3, 0.4) is 0 Å². The number of para-hydroxylation sites is 1. The topological polar surface area (TPSA) is 61.4 Å². The highest BCUT2D eigenvalue weighted by Crippen LogP contribution is 2.30. The molecule has 136 valence electrons. The summed E-state index contributed by atoms with van der Waals surface area (Å²) in [6.45, 7) is 2.23. The molecule has 2 aromatic carbocycles. The van der Waals surface area contributed by atoms with Crippen LogP contribution in [-0.4, -0.2) is 31.4 Å². The number of hydrogen-bond acceptors (Lipinski definition) is 3. The molecule has 0 fully saturated rings. The summed E-state index contributed by atoms with van der Waals surface area (Å²) in [6.07, 6.45) is 1.94. The largest absolute Gasteiger partial charge is 0.376 e. The SMILES string of the molecule is CNC(=O)c1ccc(NCC(=O)N2c3ccccc3CCC2C)cc1Cl. The van der Waals surface area contributed by atoms with Crippen LogP contribution in [-0.2, 0) is 11.2 Å². The average Bonchev–Trinajstić information content (AvgIpc) is 2.65. The van der Waals surface area contributed by atoms with Gasteiger partial charge >= 0.3 is 0 Å². The summed E-state index contributed by atoms with van der Waals surface area (Å²) in [4.78, 5) is 26.4. The number of carbonyl (C=O) groups excluding carboxylic acids is 2. The normalized spacial score (nSPS) is 16.0. The number of amides is 2. The molecule has 2 N–H and O–H groups in total. The van der Waals surface area contributed by atoms with Gasteiger partial charge in [0.1, 0.15) is 0 Å². The van der Waals surface area contributed by atoms with Crippen LogP contribution in [0.1, 0.15) is 29.3 Å². The van der Waals surface area contributed by atoms with Gasteiger partial charge in [0, 0.05) is 24.5 Å². The Bertz CT molecular complexity index is 838. The van der Waals surface area contributed by atoms with Gasteiger partial charge in [-0.25, -0.2) is 0 Å². The van der Waals surface area contributed by atoms with E-state index in [1.54, 1.807) is 25.2 Å². The van der Waals surface area contributed by atoms with Crippen LogP contribution in [0, 0.1) is 0 Å². The summed E-state index contributed by atoms with van der Waals surface area (Å²) in [7, 11) is 1.56. The Kier molecular flexibility index (Phi) is 5.47. The van der Waals surface area contributed by atoms with Gasteiger partial charge in [0.05, 0.1) is 17.1 Å². The Hall–Kier alpha value is -2.53. The van der Waals surface area contributed by atoms with E-state index in [4.69, 9.17) is 11.6 Å². The van der Waals surface area contributed by atoms with Crippen LogP contribution in [0.25, 0.3) is 0 Å². The van der Waals surface area contributed by atoms with Gasteiger partial charge in [-0.15, -0.1) is 0 Å². The van der Waals surface area contributed by atoms with Crippen LogP contribution in [0.2, 0.25) is 5.02 Å². The number of rotatable bonds is 4. The van der Waals surface area contributed by atoms with E-state index in [0.29, 0.717) is 16.3 Å². The third-order valence-electron chi connectivity index (χ3n) is 4.68. The number of benzene rings is 2. The van der Waals surface area contributed by atoms with Crippen molar-refractivity contribution in [3.63, 3.8) is 0 Å². The van der Waals surface area contributed by atoms with Crippen molar-refractivity contribution in [3.8, 4) is 0 Å². The number of aryl methyl sites for hydroxylation is 1. The van der Waals surface area contributed by atoms with Crippen LogP contribution in [0.5, 0.6) is 0 Å². The van der Waals surface area contributed by atoms with Gasteiger partial charge in [0.2, 0.25) is 5.91 Å². The third kappa shape index (κ3) is 3.68. The fourth-order valence-electron chi connectivity index (χ4n) is 3.28. The summed E-state index contributed by atoms with van der Waals surface area (Å²) >= 11 is 6.16. The molecule has 26 heavy (non-hydrogen) atoms. The summed E-state index contributed by atoms with van der Waals surface area (Å²) in [6, 6.07) is 13.3. The number of fused-ring (bicyclic) bond motifs is 1. The van der Waals surface area contributed by atoms with Crippen molar-refractivity contribution in [1.29, 1.82) is 0 Å². The van der Waals surface area contributed by atoms with Gasteiger partial charge < -0.3 is 15.5 Å². The van der Waals surface area contributed by atoms with Crippen molar-refractivity contribution >= 4 is 34.8 Å². The first kappa shape index (κ1) is 18.3. The lowest BCUT2D eigenvalue weighted by molar-refractivity contribution is -0.117. The van der Waals surface area contributed by atoms with E-state index in [-0.39, 0.29) is 24.4 Å². The summed E-state index contributed by atoms with van der Waals surface area (Å²) in [5, 5.41) is 6.00. The van der Waals surface area contributed by atoms with E-state index >= 15 is 0 Å². The van der Waals surface area contributed by atoms with Crippen molar-refractivity contribution in [2.75, 3.05) is 23.8 Å². The number of anilines is 2. The number of carbonyl (C=O) groups is 2. The molecule has 1 atom stereocenters. The fraction of sp³-hybridized carbons (Fsp3) is 0.300. The predicted molar refractivity (Wildman–Crippen MR) is 105 cm³/mol. The highest BCUT2D eigenvalue weighted by molar-refractivity contribution is 6.34. The van der Waals surface area contributed by atoms with E-state index in [2.05, 4.69) is 23.6 Å². The Labute approximate surface area is 158 Å². The molecule has 0 saturated heterocycles. The molecule has 3 rings (SSSR count). The number of nitrogens with zero attached hydrogens (tertiary/aromatic N) is 1. The lowest BCUT2D eigenvalue weighted by Crippen LogP contribution is -2.44. The molecule has 0 bridgehead atoms. The summed E-state index contributed by atoms with van der Waals surface area (Å²) in [5.74, 6) is -0.229. The molecule has 2 aromatic rings. The van der Waals surface area contributed by atoms with Gasteiger partial charge in [0.25, 0.3) is 5.91 Å². The van der Waals surface area contributed by atoms with Gasteiger partial charge in [-0.1, -0.05) is 29.8 Å². The molecule has 0 spiro atoms. The zero-order chi connectivity index (χ0) is 18.7. The standard InChI is InChI=1S/C20H22ClN3O2/c1-13-7-8-14-5-3-4-6-18(14)24(13)19(25)12-23-15-9-10-16(17(21)11-15)20(26)22-2/h3-6,9-11,13,23H,7-8,12H2,1-2H3,(H,22,26). The molecule has 0 radical (unpaired) electrons. The van der Waals surface area contributed by atoms with Gasteiger partial charge in [0.15, 0.2) is 0 Å². The second kappa shape index (κ2) is 7.79. The van der Waals surface area contributed by atoms with Crippen molar-refractivity contribution < 1.29 is 9.59 Å². The minimum Gasteiger partial charge on any atom is -0.376 e. The van der Waals surface area contributed by atoms with Crippen LogP contribution in [0.4, 0.5) is 11.4 Å². The van der Waals surface area contributed by atoms with Crippen molar-refractivity contribution in [2.45, 2.75) is 25.8 Å². The number of hydrogen-bond donors (Lipinski definition) is 2. The third-order valence-corrected chi connectivity index (χ3v) is 4.99.